The van der Waals surface area contributed by atoms with Gasteiger partial charge in [-0.05, 0) is 41.3 Å². The molecule has 0 saturated carbocycles. The number of H-pyrrole nitrogens is 1. The SMILES string of the molecule is N#Cc1ncccc1-c1ccc2c(=O)n(-c3cccc4ccccc34)c(=O)[nH]c2c1. The van der Waals surface area contributed by atoms with Crippen LogP contribution in [0.3, 0.4) is 0 Å². The molecule has 0 fully saturated rings. The largest absolute Gasteiger partial charge is 0.333 e. The maximum Gasteiger partial charge on any atom is 0.333 e. The van der Waals surface area contributed by atoms with Crippen LogP contribution in [0.4, 0.5) is 0 Å². The van der Waals surface area contributed by atoms with Gasteiger partial charge in [0.05, 0.1) is 16.6 Å². The molecular weight excluding hydrogens is 376 g/mol. The van der Waals surface area contributed by atoms with Crippen molar-refractivity contribution >= 4 is 21.7 Å². The number of nitrogens with zero attached hydrogens (tertiary/aromatic N) is 3. The monoisotopic (exact) mass is 390 g/mol. The van der Waals surface area contributed by atoms with Gasteiger partial charge in [-0.2, -0.15) is 5.26 Å². The third-order valence-electron chi connectivity index (χ3n) is 5.13. The fourth-order valence-corrected chi connectivity index (χ4v) is 3.73. The molecule has 5 rings (SSSR count). The molecular formula is C24H14N4O2. The van der Waals surface area contributed by atoms with Crippen molar-refractivity contribution in [2.45, 2.75) is 0 Å². The van der Waals surface area contributed by atoms with Crippen molar-refractivity contribution in [2.24, 2.45) is 0 Å². The van der Waals surface area contributed by atoms with E-state index in [1.807, 2.05) is 36.4 Å². The molecule has 1 N–H and O–H groups in total. The number of nitrogens with one attached hydrogen (secondary N) is 1. The molecule has 5 aromatic rings. The van der Waals surface area contributed by atoms with Gasteiger partial charge in [0.15, 0.2) is 0 Å². The molecule has 0 aliphatic rings. The first-order chi connectivity index (χ1) is 14.7. The highest BCUT2D eigenvalue weighted by Crippen LogP contribution is 2.25. The fraction of sp³-hybridized carbons (Fsp3) is 0. The lowest BCUT2D eigenvalue weighted by Gasteiger charge is -2.10. The van der Waals surface area contributed by atoms with Gasteiger partial charge in [-0.15, -0.1) is 0 Å². The van der Waals surface area contributed by atoms with Gasteiger partial charge in [0.2, 0.25) is 0 Å². The minimum atomic E-state index is -0.521. The zero-order valence-corrected chi connectivity index (χ0v) is 15.7. The highest BCUT2D eigenvalue weighted by molar-refractivity contribution is 5.91. The highest BCUT2D eigenvalue weighted by atomic mass is 16.2. The van der Waals surface area contributed by atoms with Gasteiger partial charge in [-0.1, -0.05) is 42.5 Å². The summed E-state index contributed by atoms with van der Waals surface area (Å²) in [6.45, 7) is 0. The Labute approximate surface area is 170 Å². The lowest BCUT2D eigenvalue weighted by molar-refractivity contribution is 0.908. The van der Waals surface area contributed by atoms with Crippen LogP contribution in [-0.4, -0.2) is 14.5 Å². The third-order valence-corrected chi connectivity index (χ3v) is 5.13. The average molecular weight is 390 g/mol. The van der Waals surface area contributed by atoms with Crippen LogP contribution in [0.1, 0.15) is 5.69 Å². The van der Waals surface area contributed by atoms with E-state index < -0.39 is 11.2 Å². The van der Waals surface area contributed by atoms with Crippen LogP contribution >= 0.6 is 0 Å². The summed E-state index contributed by atoms with van der Waals surface area (Å²) in [5.74, 6) is 0. The van der Waals surface area contributed by atoms with Crippen molar-refractivity contribution in [3.05, 3.63) is 106 Å². The van der Waals surface area contributed by atoms with Gasteiger partial charge in [0.25, 0.3) is 5.56 Å². The quantitative estimate of drug-likeness (QED) is 0.497. The molecule has 0 bridgehead atoms. The van der Waals surface area contributed by atoms with E-state index in [4.69, 9.17) is 0 Å². The Morgan fingerprint density at radius 2 is 1.73 bits per heavy atom. The molecule has 2 heterocycles. The van der Waals surface area contributed by atoms with E-state index in [-0.39, 0.29) is 5.69 Å². The highest BCUT2D eigenvalue weighted by Gasteiger charge is 2.13. The normalized spacial score (nSPS) is 10.9. The van der Waals surface area contributed by atoms with Gasteiger partial charge < -0.3 is 4.98 Å². The summed E-state index contributed by atoms with van der Waals surface area (Å²) in [4.78, 5) is 33.0. The Kier molecular flexibility index (Phi) is 4.01. The van der Waals surface area contributed by atoms with Crippen LogP contribution < -0.4 is 11.2 Å². The summed E-state index contributed by atoms with van der Waals surface area (Å²) in [5.41, 5.74) is 1.64. The number of hydrogen-bond acceptors (Lipinski definition) is 4. The summed E-state index contributed by atoms with van der Waals surface area (Å²) in [6, 6.07) is 23.8. The Balaban J connectivity index is 1.77. The number of nitriles is 1. The fourth-order valence-electron chi connectivity index (χ4n) is 3.73. The topological polar surface area (TPSA) is 91.5 Å². The van der Waals surface area contributed by atoms with E-state index >= 15 is 0 Å². The van der Waals surface area contributed by atoms with Crippen molar-refractivity contribution < 1.29 is 0 Å². The molecule has 30 heavy (non-hydrogen) atoms. The van der Waals surface area contributed by atoms with Crippen molar-refractivity contribution in [3.8, 4) is 22.9 Å². The smallest absolute Gasteiger partial charge is 0.306 e. The number of fused-ring (bicyclic) bond motifs is 2. The van der Waals surface area contributed by atoms with Gasteiger partial charge in [0.1, 0.15) is 11.8 Å². The number of benzene rings is 3. The lowest BCUT2D eigenvalue weighted by Crippen LogP contribution is -2.33. The molecule has 0 aliphatic heterocycles. The molecule has 2 aromatic heterocycles. The van der Waals surface area contributed by atoms with Crippen molar-refractivity contribution in [3.63, 3.8) is 0 Å². The molecule has 0 unspecified atom stereocenters. The zero-order chi connectivity index (χ0) is 20.7. The number of rotatable bonds is 2. The first kappa shape index (κ1) is 17.6. The van der Waals surface area contributed by atoms with Gasteiger partial charge >= 0.3 is 5.69 Å². The lowest BCUT2D eigenvalue weighted by atomic mass is 10.0. The summed E-state index contributed by atoms with van der Waals surface area (Å²) >= 11 is 0. The number of aromatic nitrogens is 3. The summed E-state index contributed by atoms with van der Waals surface area (Å²) in [6.07, 6.45) is 1.55. The molecule has 6 nitrogen and oxygen atoms in total. The maximum atomic E-state index is 13.2. The molecule has 0 spiro atoms. The average Bonchev–Trinajstić information content (AvgIpc) is 2.79. The predicted molar refractivity (Wildman–Crippen MR) is 116 cm³/mol. The predicted octanol–water partition coefficient (Wildman–Crippen LogP) is 3.77. The van der Waals surface area contributed by atoms with Crippen molar-refractivity contribution in [1.82, 2.24) is 14.5 Å². The van der Waals surface area contributed by atoms with Gasteiger partial charge in [-0.3, -0.25) is 4.79 Å². The Morgan fingerprint density at radius 1 is 0.900 bits per heavy atom. The Bertz CT molecular complexity index is 1600. The van der Waals surface area contributed by atoms with Crippen LogP contribution in [0.5, 0.6) is 0 Å². The van der Waals surface area contributed by atoms with Crippen LogP contribution in [0, 0.1) is 11.3 Å². The van der Waals surface area contributed by atoms with E-state index in [2.05, 4.69) is 16.0 Å². The molecule has 0 atom stereocenters. The molecule has 142 valence electrons. The van der Waals surface area contributed by atoms with E-state index in [1.54, 1.807) is 42.6 Å². The first-order valence-corrected chi connectivity index (χ1v) is 9.30. The van der Waals surface area contributed by atoms with E-state index in [1.165, 1.54) is 0 Å². The summed E-state index contributed by atoms with van der Waals surface area (Å²) in [7, 11) is 0. The van der Waals surface area contributed by atoms with Gasteiger partial charge in [0, 0.05) is 17.1 Å². The molecule has 6 heteroatoms. The standard InChI is InChI=1S/C24H14N4O2/c25-14-21-17(8-4-12-26-21)16-10-11-19-20(13-16)27-24(30)28(23(19)29)22-9-3-6-15-5-1-2-7-18(15)22/h1-13H,(H,27,30). The molecule has 0 amide bonds. The molecule has 0 radical (unpaired) electrons. The van der Waals surface area contributed by atoms with Crippen molar-refractivity contribution in [2.75, 3.05) is 0 Å². The third kappa shape index (κ3) is 2.69. The van der Waals surface area contributed by atoms with E-state index in [0.717, 1.165) is 15.3 Å². The van der Waals surface area contributed by atoms with Crippen LogP contribution in [0.15, 0.2) is 88.6 Å². The second-order valence-electron chi connectivity index (χ2n) is 6.84. The maximum absolute atomic E-state index is 13.2. The Morgan fingerprint density at radius 3 is 2.60 bits per heavy atom. The van der Waals surface area contributed by atoms with Crippen LogP contribution in [-0.2, 0) is 0 Å². The second kappa shape index (κ2) is 6.83. The number of aromatic amines is 1. The summed E-state index contributed by atoms with van der Waals surface area (Å²) < 4.78 is 1.16. The second-order valence-corrected chi connectivity index (χ2v) is 6.84. The molecule has 0 saturated heterocycles. The minimum absolute atomic E-state index is 0.281. The molecule has 0 aliphatic carbocycles. The summed E-state index contributed by atoms with van der Waals surface area (Å²) in [5, 5.41) is 11.4. The molecule has 3 aromatic carbocycles. The van der Waals surface area contributed by atoms with E-state index in [0.29, 0.717) is 27.7 Å². The number of hydrogen-bond donors (Lipinski definition) is 1. The van der Waals surface area contributed by atoms with E-state index in [9.17, 15) is 14.9 Å². The van der Waals surface area contributed by atoms with Crippen LogP contribution in [0.2, 0.25) is 0 Å². The zero-order valence-electron chi connectivity index (χ0n) is 15.7. The minimum Gasteiger partial charge on any atom is -0.306 e. The van der Waals surface area contributed by atoms with Gasteiger partial charge in [-0.25, -0.2) is 14.3 Å². The first-order valence-electron chi connectivity index (χ1n) is 9.30. The van der Waals surface area contributed by atoms with Crippen molar-refractivity contribution in [1.29, 1.82) is 5.26 Å². The Hall–Kier alpha value is -4.50. The van der Waals surface area contributed by atoms with Crippen LogP contribution in [0.25, 0.3) is 38.5 Å². The number of pyridine rings is 1.